The lowest BCUT2D eigenvalue weighted by Crippen LogP contribution is -2.30. The number of nitrogens with zero attached hydrogens (tertiary/aromatic N) is 1. The monoisotopic (exact) mass is 486 g/mol. The lowest BCUT2D eigenvalue weighted by molar-refractivity contribution is 0.0947. The van der Waals surface area contributed by atoms with Gasteiger partial charge >= 0.3 is 0 Å². The van der Waals surface area contributed by atoms with Crippen molar-refractivity contribution in [3.63, 3.8) is 0 Å². The molecule has 1 aliphatic rings. The molecule has 1 N–H and O–H groups in total. The zero-order valence-electron chi connectivity index (χ0n) is 15.0. The van der Waals surface area contributed by atoms with E-state index in [-0.39, 0.29) is 28.6 Å². The molecule has 1 heterocycles. The van der Waals surface area contributed by atoms with Crippen LogP contribution in [0.5, 0.6) is 5.75 Å². The molecule has 3 rings (SSSR count). The van der Waals surface area contributed by atoms with Crippen molar-refractivity contribution in [1.82, 2.24) is 9.62 Å². The van der Waals surface area contributed by atoms with E-state index in [0.29, 0.717) is 18.8 Å². The van der Waals surface area contributed by atoms with Gasteiger partial charge in [-0.3, -0.25) is 4.79 Å². The number of halogens is 2. The summed E-state index contributed by atoms with van der Waals surface area (Å²) < 4.78 is 33.3. The third-order valence-corrected chi connectivity index (χ3v) is 7.06. The molecule has 1 amide bonds. The van der Waals surface area contributed by atoms with Gasteiger partial charge in [-0.05, 0) is 49.2 Å². The summed E-state index contributed by atoms with van der Waals surface area (Å²) in [4.78, 5) is 12.5. The van der Waals surface area contributed by atoms with E-state index in [0.717, 1.165) is 17.3 Å². The molecule has 0 aromatic heterocycles. The smallest absolute Gasteiger partial charge is 0.252 e. The normalized spacial score (nSPS) is 14.8. The number of sulfonamides is 1. The Bertz CT molecular complexity index is 962. The number of amides is 1. The van der Waals surface area contributed by atoms with Crippen LogP contribution < -0.4 is 10.1 Å². The van der Waals surface area contributed by atoms with Gasteiger partial charge in [-0.2, -0.15) is 4.31 Å². The van der Waals surface area contributed by atoms with Crippen LogP contribution in [0, 0.1) is 0 Å². The molecule has 0 saturated carbocycles. The quantitative estimate of drug-likeness (QED) is 0.604. The Kier molecular flexibility index (Phi) is 6.98. The van der Waals surface area contributed by atoms with Crippen molar-refractivity contribution < 1.29 is 17.9 Å². The second-order valence-electron chi connectivity index (χ2n) is 6.31. The zero-order valence-corrected chi connectivity index (χ0v) is 18.2. The first kappa shape index (κ1) is 21.1. The Balaban J connectivity index is 1.63. The van der Waals surface area contributed by atoms with Crippen molar-refractivity contribution in [2.75, 3.05) is 26.2 Å². The van der Waals surface area contributed by atoms with Gasteiger partial charge in [0.15, 0.2) is 0 Å². The largest absolute Gasteiger partial charge is 0.492 e. The van der Waals surface area contributed by atoms with Gasteiger partial charge in [0.2, 0.25) is 10.0 Å². The van der Waals surface area contributed by atoms with Crippen molar-refractivity contribution in [3.05, 3.63) is 57.5 Å². The van der Waals surface area contributed by atoms with E-state index < -0.39 is 15.9 Å². The van der Waals surface area contributed by atoms with Crippen LogP contribution in [0.1, 0.15) is 23.2 Å². The minimum Gasteiger partial charge on any atom is -0.492 e. The van der Waals surface area contributed by atoms with Crippen molar-refractivity contribution in [3.8, 4) is 5.75 Å². The van der Waals surface area contributed by atoms with Crippen LogP contribution in [0.4, 0.5) is 0 Å². The minimum atomic E-state index is -3.61. The van der Waals surface area contributed by atoms with Crippen molar-refractivity contribution in [2.45, 2.75) is 17.7 Å². The van der Waals surface area contributed by atoms with E-state index in [9.17, 15) is 13.2 Å². The predicted molar refractivity (Wildman–Crippen MR) is 111 cm³/mol. The third-order valence-electron chi connectivity index (χ3n) is 4.34. The van der Waals surface area contributed by atoms with Crippen LogP contribution in [-0.2, 0) is 10.0 Å². The number of carbonyl (C=O) groups excluding carboxylic acids is 1. The average molecular weight is 488 g/mol. The Morgan fingerprint density at radius 3 is 2.64 bits per heavy atom. The molecular formula is C19H20BrClN2O4S. The summed E-state index contributed by atoms with van der Waals surface area (Å²) in [5.74, 6) is 0.238. The molecule has 1 fully saturated rings. The number of hydrogen-bond donors (Lipinski definition) is 1. The standard InChI is InChI=1S/C19H20BrClN2O4S/c20-14-4-3-5-15(12-14)27-11-8-22-19(24)17-13-16(6-7-18(17)21)28(25,26)23-9-1-2-10-23/h3-7,12-13H,1-2,8-11H2,(H,22,24). The van der Waals surface area contributed by atoms with Gasteiger partial charge in [0, 0.05) is 17.6 Å². The molecule has 1 saturated heterocycles. The highest BCUT2D eigenvalue weighted by Crippen LogP contribution is 2.25. The van der Waals surface area contributed by atoms with Crippen molar-refractivity contribution in [1.29, 1.82) is 0 Å². The SMILES string of the molecule is O=C(NCCOc1cccc(Br)c1)c1cc(S(=O)(=O)N2CCCC2)ccc1Cl. The Morgan fingerprint density at radius 2 is 1.93 bits per heavy atom. The van der Waals surface area contributed by atoms with E-state index >= 15 is 0 Å². The maximum absolute atomic E-state index is 12.7. The lowest BCUT2D eigenvalue weighted by Gasteiger charge is -2.16. The summed E-state index contributed by atoms with van der Waals surface area (Å²) in [5, 5.41) is 2.90. The molecule has 0 aliphatic carbocycles. The summed E-state index contributed by atoms with van der Waals surface area (Å²) in [5.41, 5.74) is 0.129. The third kappa shape index (κ3) is 5.05. The summed E-state index contributed by atoms with van der Waals surface area (Å²) in [6.07, 6.45) is 1.69. The van der Waals surface area contributed by atoms with Crippen LogP contribution in [0.25, 0.3) is 0 Å². The maximum Gasteiger partial charge on any atom is 0.252 e. The molecule has 0 radical (unpaired) electrons. The first-order chi connectivity index (χ1) is 13.4. The fraction of sp³-hybridized carbons (Fsp3) is 0.316. The van der Waals surface area contributed by atoms with Gasteiger partial charge in [-0.1, -0.05) is 33.6 Å². The molecule has 28 heavy (non-hydrogen) atoms. The molecule has 0 atom stereocenters. The van der Waals surface area contributed by atoms with E-state index in [2.05, 4.69) is 21.2 Å². The number of benzene rings is 2. The highest BCUT2D eigenvalue weighted by atomic mass is 79.9. The molecule has 0 unspecified atom stereocenters. The summed E-state index contributed by atoms with van der Waals surface area (Å²) in [6.45, 7) is 1.52. The molecule has 2 aromatic rings. The molecule has 6 nitrogen and oxygen atoms in total. The highest BCUT2D eigenvalue weighted by Gasteiger charge is 2.28. The Labute approximate surface area is 178 Å². The molecule has 1 aliphatic heterocycles. The summed E-state index contributed by atoms with van der Waals surface area (Å²) in [7, 11) is -3.61. The van der Waals surface area contributed by atoms with Crippen LogP contribution >= 0.6 is 27.5 Å². The number of rotatable bonds is 7. The summed E-state index contributed by atoms with van der Waals surface area (Å²) in [6, 6.07) is 11.6. The van der Waals surface area contributed by atoms with Crippen LogP contribution in [0.15, 0.2) is 51.8 Å². The van der Waals surface area contributed by atoms with Gasteiger partial charge < -0.3 is 10.1 Å². The number of carbonyl (C=O) groups is 1. The molecule has 150 valence electrons. The second-order valence-corrected chi connectivity index (χ2v) is 9.58. The van der Waals surface area contributed by atoms with Gasteiger partial charge in [-0.25, -0.2) is 8.42 Å². The Hall–Kier alpha value is -1.61. The van der Waals surface area contributed by atoms with Gasteiger partial charge in [-0.15, -0.1) is 0 Å². The van der Waals surface area contributed by atoms with Crippen LogP contribution in [-0.4, -0.2) is 44.9 Å². The Morgan fingerprint density at radius 1 is 1.18 bits per heavy atom. The predicted octanol–water partition coefficient (Wildman–Crippen LogP) is 3.70. The molecule has 9 heteroatoms. The lowest BCUT2D eigenvalue weighted by atomic mass is 10.2. The van der Waals surface area contributed by atoms with Gasteiger partial charge in [0.05, 0.1) is 22.0 Å². The average Bonchev–Trinajstić information content (AvgIpc) is 3.21. The van der Waals surface area contributed by atoms with E-state index in [4.69, 9.17) is 16.3 Å². The topological polar surface area (TPSA) is 75.7 Å². The molecule has 2 aromatic carbocycles. The fourth-order valence-corrected chi connectivity index (χ4v) is 5.03. The first-order valence-corrected chi connectivity index (χ1v) is 11.5. The number of hydrogen-bond acceptors (Lipinski definition) is 4. The minimum absolute atomic E-state index is 0.0781. The second kappa shape index (κ2) is 9.26. The first-order valence-electron chi connectivity index (χ1n) is 8.84. The highest BCUT2D eigenvalue weighted by molar-refractivity contribution is 9.10. The number of nitrogens with one attached hydrogen (secondary N) is 1. The van der Waals surface area contributed by atoms with E-state index in [1.807, 2.05) is 24.3 Å². The van der Waals surface area contributed by atoms with Crippen LogP contribution in [0.2, 0.25) is 5.02 Å². The van der Waals surface area contributed by atoms with E-state index in [1.165, 1.54) is 22.5 Å². The van der Waals surface area contributed by atoms with Crippen LogP contribution in [0.3, 0.4) is 0 Å². The molecular weight excluding hydrogens is 468 g/mol. The maximum atomic E-state index is 12.7. The molecule has 0 bridgehead atoms. The zero-order chi connectivity index (χ0) is 20.1. The van der Waals surface area contributed by atoms with Crippen molar-refractivity contribution >= 4 is 43.5 Å². The van der Waals surface area contributed by atoms with Gasteiger partial charge in [0.25, 0.3) is 5.91 Å². The summed E-state index contributed by atoms with van der Waals surface area (Å²) >= 11 is 9.48. The van der Waals surface area contributed by atoms with E-state index in [1.54, 1.807) is 0 Å². The van der Waals surface area contributed by atoms with Crippen molar-refractivity contribution in [2.24, 2.45) is 0 Å². The van der Waals surface area contributed by atoms with Gasteiger partial charge in [0.1, 0.15) is 12.4 Å². The fourth-order valence-electron chi connectivity index (χ4n) is 2.90. The number of ether oxygens (including phenoxy) is 1. The molecule has 0 spiro atoms.